The first-order valence-electron chi connectivity index (χ1n) is 9.72. The van der Waals surface area contributed by atoms with Crippen LogP contribution in [0.15, 0.2) is 60.1 Å². The number of hydrogen-bond donors (Lipinski definition) is 2. The van der Waals surface area contributed by atoms with Gasteiger partial charge in [-0.05, 0) is 66.2 Å². The molecule has 0 spiro atoms. The topological polar surface area (TPSA) is 85.8 Å². The summed E-state index contributed by atoms with van der Waals surface area (Å²) in [6.07, 6.45) is 2.67. The van der Waals surface area contributed by atoms with Crippen molar-refractivity contribution in [3.63, 3.8) is 0 Å². The van der Waals surface area contributed by atoms with Crippen molar-refractivity contribution in [2.24, 2.45) is 0 Å². The van der Waals surface area contributed by atoms with E-state index in [0.29, 0.717) is 24.2 Å². The summed E-state index contributed by atoms with van der Waals surface area (Å²) in [6.45, 7) is 4.15. The third-order valence-electron chi connectivity index (χ3n) is 5.04. The fraction of sp³-hybridized carbons (Fsp3) is 0.174. The molecule has 0 aliphatic heterocycles. The molecule has 152 valence electrons. The van der Waals surface area contributed by atoms with E-state index in [0.717, 1.165) is 21.8 Å². The Hall–Kier alpha value is -3.45. The van der Waals surface area contributed by atoms with E-state index in [-0.39, 0.29) is 5.91 Å². The maximum Gasteiger partial charge on any atom is 0.224 e. The molecule has 4 aromatic rings. The zero-order valence-electron chi connectivity index (χ0n) is 16.9. The van der Waals surface area contributed by atoms with Crippen LogP contribution in [0.5, 0.6) is 0 Å². The van der Waals surface area contributed by atoms with Crippen molar-refractivity contribution in [2.45, 2.75) is 26.7 Å². The van der Waals surface area contributed by atoms with Gasteiger partial charge in [-0.25, -0.2) is 4.68 Å². The van der Waals surface area contributed by atoms with Gasteiger partial charge in [0, 0.05) is 17.7 Å². The zero-order valence-corrected chi connectivity index (χ0v) is 17.7. The molecule has 0 unspecified atom stereocenters. The van der Waals surface area contributed by atoms with Crippen LogP contribution in [-0.4, -0.2) is 20.9 Å². The lowest BCUT2D eigenvalue weighted by Gasteiger charge is -2.09. The molecule has 0 saturated carbocycles. The van der Waals surface area contributed by atoms with E-state index in [4.69, 9.17) is 5.73 Å². The van der Waals surface area contributed by atoms with E-state index < -0.39 is 0 Å². The van der Waals surface area contributed by atoms with Crippen molar-refractivity contribution < 1.29 is 4.79 Å². The maximum absolute atomic E-state index is 12.5. The quantitative estimate of drug-likeness (QED) is 0.443. The van der Waals surface area contributed by atoms with Crippen LogP contribution in [0, 0.1) is 13.8 Å². The monoisotopic (exact) mass is 417 g/mol. The molecular formula is C23H23N5OS. The van der Waals surface area contributed by atoms with Gasteiger partial charge in [0.1, 0.15) is 0 Å². The summed E-state index contributed by atoms with van der Waals surface area (Å²) < 4.78 is 1.74. The van der Waals surface area contributed by atoms with E-state index in [1.165, 1.54) is 11.1 Å². The molecule has 2 heterocycles. The van der Waals surface area contributed by atoms with Gasteiger partial charge < -0.3 is 11.1 Å². The molecule has 6 nitrogen and oxygen atoms in total. The number of carbonyl (C=O) groups is 1. The first-order chi connectivity index (χ1) is 14.5. The van der Waals surface area contributed by atoms with Crippen molar-refractivity contribution in [3.05, 3.63) is 76.9 Å². The Kier molecular flexibility index (Phi) is 5.63. The molecular weight excluding hydrogens is 394 g/mol. The molecule has 0 aliphatic carbocycles. The van der Waals surface area contributed by atoms with E-state index in [1.54, 1.807) is 16.0 Å². The third kappa shape index (κ3) is 4.41. The van der Waals surface area contributed by atoms with Crippen LogP contribution >= 0.6 is 11.3 Å². The van der Waals surface area contributed by atoms with Gasteiger partial charge in [-0.15, -0.1) is 16.4 Å². The Bertz CT molecular complexity index is 1180. The fourth-order valence-corrected chi connectivity index (χ4v) is 3.85. The number of nitrogens with one attached hydrogen (secondary N) is 1. The Balaban J connectivity index is 1.39. The summed E-state index contributed by atoms with van der Waals surface area (Å²) in [4.78, 5) is 13.6. The number of amides is 1. The van der Waals surface area contributed by atoms with Crippen LogP contribution in [0.4, 0.5) is 11.4 Å². The lowest BCUT2D eigenvalue weighted by molar-refractivity contribution is -0.116. The number of carbonyl (C=O) groups excluding carboxylic acids is 1. The van der Waals surface area contributed by atoms with Crippen LogP contribution in [0.3, 0.4) is 0 Å². The molecule has 3 N–H and O–H groups in total. The number of benzene rings is 2. The number of hydrogen-bond acceptors (Lipinski definition) is 5. The summed E-state index contributed by atoms with van der Waals surface area (Å²) in [6, 6.07) is 15.9. The van der Waals surface area contributed by atoms with Crippen molar-refractivity contribution in [3.8, 4) is 16.1 Å². The highest BCUT2D eigenvalue weighted by molar-refractivity contribution is 7.13. The zero-order chi connectivity index (χ0) is 21.1. The van der Waals surface area contributed by atoms with Crippen molar-refractivity contribution in [2.75, 3.05) is 11.1 Å². The number of nitrogens with two attached hydrogens (primary N) is 1. The molecule has 0 saturated heterocycles. The van der Waals surface area contributed by atoms with E-state index in [2.05, 4.69) is 41.6 Å². The highest BCUT2D eigenvalue weighted by atomic mass is 32.1. The van der Waals surface area contributed by atoms with Gasteiger partial charge in [-0.1, -0.05) is 23.4 Å². The minimum absolute atomic E-state index is 0.106. The second-order valence-electron chi connectivity index (χ2n) is 7.25. The average molecular weight is 418 g/mol. The lowest BCUT2D eigenvalue weighted by Crippen LogP contribution is -2.13. The number of aromatic nitrogens is 3. The average Bonchev–Trinajstić information content (AvgIpc) is 3.42. The molecule has 0 bridgehead atoms. The third-order valence-corrected chi connectivity index (χ3v) is 5.96. The second kappa shape index (κ2) is 8.51. The molecule has 7 heteroatoms. The standard InChI is InChI=1S/C23H23N5OS/c1-15-5-8-19(12-16(15)2)28-14-18(26-27-28)7-10-23(29)25-21-13-17(6-9-20(21)24)22-4-3-11-30-22/h3-6,8-9,11-14H,7,10,24H2,1-2H3,(H,25,29). The van der Waals surface area contributed by atoms with E-state index >= 15 is 0 Å². The summed E-state index contributed by atoms with van der Waals surface area (Å²) in [5.74, 6) is -0.106. The van der Waals surface area contributed by atoms with Gasteiger partial charge in [-0.3, -0.25) is 4.79 Å². The molecule has 0 aliphatic rings. The van der Waals surface area contributed by atoms with Gasteiger partial charge in [0.15, 0.2) is 0 Å². The smallest absolute Gasteiger partial charge is 0.224 e. The number of thiophene rings is 1. The first kappa shape index (κ1) is 19.8. The van der Waals surface area contributed by atoms with Crippen molar-refractivity contribution in [1.29, 1.82) is 0 Å². The van der Waals surface area contributed by atoms with Crippen molar-refractivity contribution in [1.82, 2.24) is 15.0 Å². The number of nitrogens with zero attached hydrogens (tertiary/aromatic N) is 3. The molecule has 1 amide bonds. The predicted molar refractivity (Wildman–Crippen MR) is 122 cm³/mol. The Morgan fingerprint density at radius 3 is 2.77 bits per heavy atom. The van der Waals surface area contributed by atoms with Crippen LogP contribution in [0.2, 0.25) is 0 Å². The number of nitrogen functional groups attached to an aromatic ring is 1. The lowest BCUT2D eigenvalue weighted by atomic mass is 10.1. The predicted octanol–water partition coefficient (Wildman–Crippen LogP) is 4.77. The SMILES string of the molecule is Cc1ccc(-n2cc(CCC(=O)Nc3cc(-c4cccs4)ccc3N)nn2)cc1C. The Morgan fingerprint density at radius 2 is 2.00 bits per heavy atom. The van der Waals surface area contributed by atoms with Crippen LogP contribution < -0.4 is 11.1 Å². The second-order valence-corrected chi connectivity index (χ2v) is 8.20. The Morgan fingerprint density at radius 1 is 1.13 bits per heavy atom. The number of anilines is 2. The summed E-state index contributed by atoms with van der Waals surface area (Å²) >= 11 is 1.65. The first-order valence-corrected chi connectivity index (χ1v) is 10.6. The Labute approximate surface area is 179 Å². The van der Waals surface area contributed by atoms with E-state index in [1.807, 2.05) is 48.0 Å². The maximum atomic E-state index is 12.5. The van der Waals surface area contributed by atoms with Crippen molar-refractivity contribution >= 4 is 28.6 Å². The van der Waals surface area contributed by atoms with Crippen LogP contribution in [0.1, 0.15) is 23.2 Å². The van der Waals surface area contributed by atoms with Gasteiger partial charge in [0.2, 0.25) is 5.91 Å². The highest BCUT2D eigenvalue weighted by Crippen LogP contribution is 2.30. The minimum atomic E-state index is -0.106. The molecule has 30 heavy (non-hydrogen) atoms. The normalized spacial score (nSPS) is 10.9. The van der Waals surface area contributed by atoms with Crippen LogP contribution in [-0.2, 0) is 11.2 Å². The molecule has 2 aromatic heterocycles. The fourth-order valence-electron chi connectivity index (χ4n) is 3.12. The van der Waals surface area contributed by atoms with Gasteiger partial charge in [0.25, 0.3) is 0 Å². The van der Waals surface area contributed by atoms with Crippen LogP contribution in [0.25, 0.3) is 16.1 Å². The molecule has 0 radical (unpaired) electrons. The summed E-state index contributed by atoms with van der Waals surface area (Å²) in [7, 11) is 0. The van der Waals surface area contributed by atoms with Gasteiger partial charge in [0.05, 0.1) is 29.0 Å². The molecule has 2 aromatic carbocycles. The summed E-state index contributed by atoms with van der Waals surface area (Å²) in [5, 5.41) is 13.3. The number of rotatable bonds is 6. The highest BCUT2D eigenvalue weighted by Gasteiger charge is 2.10. The van der Waals surface area contributed by atoms with E-state index in [9.17, 15) is 4.79 Å². The summed E-state index contributed by atoms with van der Waals surface area (Å²) in [5.41, 5.74) is 12.4. The molecule has 0 atom stereocenters. The van der Waals surface area contributed by atoms with Gasteiger partial charge >= 0.3 is 0 Å². The number of aryl methyl sites for hydroxylation is 3. The largest absolute Gasteiger partial charge is 0.397 e. The van der Waals surface area contributed by atoms with Gasteiger partial charge in [-0.2, -0.15) is 0 Å². The molecule has 4 rings (SSSR count). The minimum Gasteiger partial charge on any atom is -0.397 e. The molecule has 0 fully saturated rings.